The Morgan fingerprint density at radius 1 is 1.07 bits per heavy atom. The van der Waals surface area contributed by atoms with Crippen molar-refractivity contribution in [2.75, 3.05) is 26.2 Å². The fourth-order valence-corrected chi connectivity index (χ4v) is 6.13. The highest BCUT2D eigenvalue weighted by atomic mass is 32.2. The lowest BCUT2D eigenvalue weighted by atomic mass is 9.86. The quantitative estimate of drug-likeness (QED) is 0.765. The number of amides is 1. The summed E-state index contributed by atoms with van der Waals surface area (Å²) in [4.78, 5) is 14.5. The van der Waals surface area contributed by atoms with Gasteiger partial charge >= 0.3 is 0 Å². The second-order valence-electron chi connectivity index (χ2n) is 8.17. The van der Waals surface area contributed by atoms with Crippen molar-refractivity contribution in [3.63, 3.8) is 0 Å². The molecule has 1 saturated carbocycles. The van der Waals surface area contributed by atoms with Gasteiger partial charge in [-0.1, -0.05) is 25.3 Å². The van der Waals surface area contributed by atoms with Crippen molar-refractivity contribution >= 4 is 15.9 Å². The molecular weight excluding hydrogens is 383 g/mol. The Kier molecular flexibility index (Phi) is 5.71. The zero-order valence-electron chi connectivity index (χ0n) is 15.9. The maximum atomic E-state index is 13.5. The first kappa shape index (κ1) is 19.8. The first-order chi connectivity index (χ1) is 13.4. The molecule has 0 radical (unpaired) electrons. The van der Waals surface area contributed by atoms with Crippen molar-refractivity contribution in [1.82, 2.24) is 9.21 Å². The number of hydrogen-bond acceptors (Lipinski definition) is 4. The minimum absolute atomic E-state index is 0.0438. The Bertz CT molecular complexity index is 811. The Morgan fingerprint density at radius 3 is 2.39 bits per heavy atom. The molecule has 1 amide bonds. The van der Waals surface area contributed by atoms with E-state index in [1.165, 1.54) is 41.8 Å². The van der Waals surface area contributed by atoms with Crippen LogP contribution in [-0.4, -0.2) is 61.9 Å². The molecule has 0 N–H and O–H groups in total. The molecule has 6 nitrogen and oxygen atoms in total. The van der Waals surface area contributed by atoms with Crippen molar-refractivity contribution < 1.29 is 22.3 Å². The van der Waals surface area contributed by atoms with Crippen LogP contribution in [0.2, 0.25) is 0 Å². The number of carbonyl (C=O) groups is 1. The highest BCUT2D eigenvalue weighted by Gasteiger charge is 2.41. The van der Waals surface area contributed by atoms with Gasteiger partial charge in [-0.15, -0.1) is 0 Å². The van der Waals surface area contributed by atoms with Crippen LogP contribution in [0.25, 0.3) is 0 Å². The average molecular weight is 411 g/mol. The van der Waals surface area contributed by atoms with Gasteiger partial charge in [0.15, 0.2) is 0 Å². The number of fused-ring (bicyclic) bond motifs is 2. The molecule has 1 aromatic carbocycles. The van der Waals surface area contributed by atoms with Crippen LogP contribution in [0.4, 0.5) is 4.39 Å². The third-order valence-corrected chi connectivity index (χ3v) is 7.85. The lowest BCUT2D eigenvalue weighted by molar-refractivity contribution is -0.155. The third kappa shape index (κ3) is 4.23. The van der Waals surface area contributed by atoms with Gasteiger partial charge in [0.2, 0.25) is 15.9 Å². The molecule has 2 heterocycles. The molecule has 1 aromatic rings. The molecule has 3 fully saturated rings. The number of rotatable bonds is 4. The van der Waals surface area contributed by atoms with Crippen LogP contribution in [0, 0.1) is 11.7 Å². The molecule has 154 valence electrons. The lowest BCUT2D eigenvalue weighted by Crippen LogP contribution is -2.61. The Balaban J connectivity index is 1.40. The van der Waals surface area contributed by atoms with Crippen LogP contribution >= 0.6 is 0 Å². The number of hydrogen-bond donors (Lipinski definition) is 0. The molecule has 4 rings (SSSR count). The zero-order valence-corrected chi connectivity index (χ0v) is 16.7. The molecule has 3 aliphatic rings. The fraction of sp³-hybridized carbons (Fsp3) is 0.650. The van der Waals surface area contributed by atoms with Crippen molar-refractivity contribution in [2.45, 2.75) is 55.6 Å². The van der Waals surface area contributed by atoms with E-state index in [2.05, 4.69) is 0 Å². The van der Waals surface area contributed by atoms with Gasteiger partial charge in [-0.3, -0.25) is 4.79 Å². The third-order valence-electron chi connectivity index (χ3n) is 6.02. The summed E-state index contributed by atoms with van der Waals surface area (Å²) in [5.74, 6) is 0.0643. The van der Waals surface area contributed by atoms with Crippen molar-refractivity contribution in [1.29, 1.82) is 0 Å². The van der Waals surface area contributed by atoms with E-state index in [0.29, 0.717) is 25.4 Å². The zero-order chi connectivity index (χ0) is 19.7. The van der Waals surface area contributed by atoms with Gasteiger partial charge in [-0.05, 0) is 37.0 Å². The SMILES string of the molecule is O=C(CC1CCCCC1)N1C[C@@H]2CN(S(=O)(=O)c3cccc(F)c3)C[C@H](C1)O2. The summed E-state index contributed by atoms with van der Waals surface area (Å²) in [6.07, 6.45) is 5.84. The monoisotopic (exact) mass is 410 g/mol. The Morgan fingerprint density at radius 2 is 1.75 bits per heavy atom. The van der Waals surface area contributed by atoms with Gasteiger partial charge in [0.25, 0.3) is 0 Å². The first-order valence-electron chi connectivity index (χ1n) is 10.1. The molecule has 2 aliphatic heterocycles. The summed E-state index contributed by atoms with van der Waals surface area (Å²) in [5, 5.41) is 0. The van der Waals surface area contributed by atoms with Crippen LogP contribution < -0.4 is 0 Å². The molecule has 2 saturated heterocycles. The smallest absolute Gasteiger partial charge is 0.243 e. The fourth-order valence-electron chi connectivity index (χ4n) is 4.60. The number of halogens is 1. The normalized spacial score (nSPS) is 27.0. The summed E-state index contributed by atoms with van der Waals surface area (Å²) in [7, 11) is -3.78. The maximum Gasteiger partial charge on any atom is 0.243 e. The minimum Gasteiger partial charge on any atom is -0.369 e. The van der Waals surface area contributed by atoms with E-state index in [9.17, 15) is 17.6 Å². The van der Waals surface area contributed by atoms with Gasteiger partial charge in [-0.2, -0.15) is 4.31 Å². The predicted octanol–water partition coefficient (Wildman–Crippen LogP) is 2.40. The van der Waals surface area contributed by atoms with Crippen LogP contribution in [-0.2, 0) is 19.6 Å². The molecule has 0 aromatic heterocycles. The van der Waals surface area contributed by atoms with E-state index in [1.807, 2.05) is 4.90 Å². The van der Waals surface area contributed by atoms with E-state index in [4.69, 9.17) is 4.74 Å². The molecule has 0 unspecified atom stereocenters. The van der Waals surface area contributed by atoms with Gasteiger partial charge in [0.05, 0.1) is 17.1 Å². The van der Waals surface area contributed by atoms with Crippen LogP contribution in [0.1, 0.15) is 38.5 Å². The molecule has 8 heteroatoms. The number of ether oxygens (including phenoxy) is 1. The van der Waals surface area contributed by atoms with Crippen LogP contribution in [0.3, 0.4) is 0 Å². The predicted molar refractivity (Wildman–Crippen MR) is 102 cm³/mol. The molecule has 0 spiro atoms. The number of benzene rings is 1. The molecule has 2 atom stereocenters. The van der Waals surface area contributed by atoms with Crippen LogP contribution in [0.15, 0.2) is 29.2 Å². The Labute approximate surface area is 165 Å². The van der Waals surface area contributed by atoms with Gasteiger partial charge in [-0.25, -0.2) is 12.8 Å². The summed E-state index contributed by atoms with van der Waals surface area (Å²) in [6.45, 7) is 1.19. The number of nitrogens with zero attached hydrogens (tertiary/aromatic N) is 2. The number of carbonyl (C=O) groups excluding carboxylic acids is 1. The van der Waals surface area contributed by atoms with E-state index >= 15 is 0 Å². The number of sulfonamides is 1. The summed E-state index contributed by atoms with van der Waals surface area (Å²) in [6, 6.07) is 5.07. The summed E-state index contributed by atoms with van der Waals surface area (Å²) >= 11 is 0. The van der Waals surface area contributed by atoms with E-state index in [0.717, 1.165) is 18.9 Å². The largest absolute Gasteiger partial charge is 0.369 e. The standard InChI is InChI=1S/C20H27FN2O4S/c21-16-7-4-8-19(10-16)28(25,26)23-13-17-11-22(12-18(14-23)27-17)20(24)9-15-5-2-1-3-6-15/h4,7-8,10,15,17-18H,1-3,5-6,9,11-14H2/t17-,18+. The van der Waals surface area contributed by atoms with Gasteiger partial charge < -0.3 is 9.64 Å². The average Bonchev–Trinajstić information content (AvgIpc) is 2.68. The second kappa shape index (κ2) is 8.08. The Hall–Kier alpha value is -1.51. The van der Waals surface area contributed by atoms with Gasteiger partial charge in [0.1, 0.15) is 5.82 Å². The van der Waals surface area contributed by atoms with E-state index in [-0.39, 0.29) is 36.1 Å². The van der Waals surface area contributed by atoms with E-state index < -0.39 is 15.8 Å². The molecular formula is C20H27FN2O4S. The highest BCUT2D eigenvalue weighted by molar-refractivity contribution is 7.89. The lowest BCUT2D eigenvalue weighted by Gasteiger charge is -2.45. The maximum absolute atomic E-state index is 13.5. The van der Waals surface area contributed by atoms with Crippen molar-refractivity contribution in [3.05, 3.63) is 30.1 Å². The second-order valence-corrected chi connectivity index (χ2v) is 10.1. The van der Waals surface area contributed by atoms with E-state index in [1.54, 1.807) is 0 Å². The molecule has 2 bridgehead atoms. The van der Waals surface area contributed by atoms with Gasteiger partial charge in [0, 0.05) is 32.6 Å². The molecule has 28 heavy (non-hydrogen) atoms. The molecule has 1 aliphatic carbocycles. The highest BCUT2D eigenvalue weighted by Crippen LogP contribution is 2.29. The van der Waals surface area contributed by atoms with Crippen molar-refractivity contribution in [3.8, 4) is 0 Å². The summed E-state index contributed by atoms with van der Waals surface area (Å²) in [5.41, 5.74) is 0. The van der Waals surface area contributed by atoms with Crippen LogP contribution in [0.5, 0.6) is 0 Å². The summed E-state index contributed by atoms with van der Waals surface area (Å²) < 4.78 is 46.5. The van der Waals surface area contributed by atoms with Crippen molar-refractivity contribution in [2.24, 2.45) is 5.92 Å². The number of morpholine rings is 2. The topological polar surface area (TPSA) is 66.9 Å². The minimum atomic E-state index is -3.78. The first-order valence-corrected chi connectivity index (χ1v) is 11.5.